The Bertz CT molecular complexity index is 243. The van der Waals surface area contributed by atoms with Gasteiger partial charge in [0.2, 0.25) is 0 Å². The highest BCUT2D eigenvalue weighted by molar-refractivity contribution is 5.85. The second kappa shape index (κ2) is 7.09. The topological polar surface area (TPSA) is 71.8 Å². The molecule has 12 heavy (non-hydrogen) atoms. The van der Waals surface area contributed by atoms with Crippen molar-refractivity contribution in [2.45, 2.75) is 6.42 Å². The molecule has 3 N–H and O–H groups in total. The maximum Gasteiger partial charge on any atom is 0.344 e. The Labute approximate surface area is 82.4 Å². The molecule has 0 bridgehead atoms. The molecule has 4 nitrogen and oxygen atoms in total. The molecule has 0 unspecified atom stereocenters. The fraction of sp³-hybridized carbons (Fsp3) is 0.333. The summed E-state index contributed by atoms with van der Waals surface area (Å²) in [6.45, 7) is 0.577. The van der Waals surface area contributed by atoms with Crippen LogP contribution in [0.25, 0.3) is 0 Å². The first-order valence-electron chi connectivity index (χ1n) is 3.06. The fourth-order valence-corrected chi connectivity index (χ4v) is 0.674. The summed E-state index contributed by atoms with van der Waals surface area (Å²) in [6.07, 6.45) is 3.91. The van der Waals surface area contributed by atoms with E-state index in [2.05, 4.69) is 9.97 Å². The van der Waals surface area contributed by atoms with Crippen LogP contribution in [0.2, 0.25) is 0 Å². The van der Waals surface area contributed by atoms with E-state index in [0.29, 0.717) is 6.54 Å². The number of aromatic amines is 1. The van der Waals surface area contributed by atoms with Gasteiger partial charge in [0.05, 0.1) is 0 Å². The predicted octanol–water partition coefficient (Wildman–Crippen LogP) is 0.115. The van der Waals surface area contributed by atoms with Crippen LogP contribution in [0.4, 0.5) is 0 Å². The van der Waals surface area contributed by atoms with Gasteiger partial charge in [0.1, 0.15) is 0 Å². The van der Waals surface area contributed by atoms with Gasteiger partial charge in [-0.2, -0.15) is 0 Å². The van der Waals surface area contributed by atoms with Gasteiger partial charge < -0.3 is 10.7 Å². The molecular weight excluding hydrogens is 201 g/mol. The summed E-state index contributed by atoms with van der Waals surface area (Å²) >= 11 is 0. The molecule has 0 aliphatic heterocycles. The third kappa shape index (κ3) is 4.33. The zero-order valence-corrected chi connectivity index (χ0v) is 7.95. The Kier molecular flexibility index (Phi) is 8.26. The van der Waals surface area contributed by atoms with Gasteiger partial charge in [-0.15, -0.1) is 24.8 Å². The van der Waals surface area contributed by atoms with Gasteiger partial charge >= 0.3 is 5.69 Å². The number of halogens is 2. The van der Waals surface area contributed by atoms with Gasteiger partial charge in [-0.3, -0.25) is 0 Å². The highest BCUT2D eigenvalue weighted by Crippen LogP contribution is 1.89. The first-order chi connectivity index (χ1) is 4.83. The summed E-state index contributed by atoms with van der Waals surface area (Å²) in [6, 6.07) is 0. The van der Waals surface area contributed by atoms with Crippen molar-refractivity contribution in [3.05, 3.63) is 28.4 Å². The van der Waals surface area contributed by atoms with Gasteiger partial charge in [-0.25, -0.2) is 9.78 Å². The molecule has 1 aromatic rings. The third-order valence-electron chi connectivity index (χ3n) is 1.16. The second-order valence-corrected chi connectivity index (χ2v) is 1.97. The quantitative estimate of drug-likeness (QED) is 0.731. The van der Waals surface area contributed by atoms with Gasteiger partial charge in [0, 0.05) is 12.4 Å². The minimum Gasteiger partial charge on any atom is -0.330 e. The predicted molar refractivity (Wildman–Crippen MR) is 52.1 cm³/mol. The van der Waals surface area contributed by atoms with E-state index in [4.69, 9.17) is 5.73 Å². The Morgan fingerprint density at radius 3 is 2.58 bits per heavy atom. The van der Waals surface area contributed by atoms with Gasteiger partial charge in [-0.1, -0.05) is 0 Å². The van der Waals surface area contributed by atoms with Crippen LogP contribution in [0.3, 0.4) is 0 Å². The van der Waals surface area contributed by atoms with E-state index in [-0.39, 0.29) is 30.5 Å². The van der Waals surface area contributed by atoms with Crippen LogP contribution in [0.15, 0.2) is 17.2 Å². The summed E-state index contributed by atoms with van der Waals surface area (Å²) in [5.74, 6) is 0. The zero-order chi connectivity index (χ0) is 7.40. The number of nitrogens with one attached hydrogen (secondary N) is 1. The third-order valence-corrected chi connectivity index (χ3v) is 1.16. The molecule has 0 fully saturated rings. The fourth-order valence-electron chi connectivity index (χ4n) is 0.674. The van der Waals surface area contributed by atoms with E-state index < -0.39 is 0 Å². The zero-order valence-electron chi connectivity index (χ0n) is 6.32. The lowest BCUT2D eigenvalue weighted by Gasteiger charge is -1.93. The largest absolute Gasteiger partial charge is 0.344 e. The molecule has 0 atom stereocenters. The number of nitrogens with two attached hydrogens (primary N) is 1. The van der Waals surface area contributed by atoms with Crippen molar-refractivity contribution >= 4 is 24.8 Å². The second-order valence-electron chi connectivity index (χ2n) is 1.97. The SMILES string of the molecule is Cl.Cl.NCCc1cnc(=O)[nH]c1. The highest BCUT2D eigenvalue weighted by Gasteiger charge is 1.89. The average molecular weight is 212 g/mol. The van der Waals surface area contributed by atoms with Crippen molar-refractivity contribution in [3.63, 3.8) is 0 Å². The average Bonchev–Trinajstić information content (AvgIpc) is 1.95. The van der Waals surface area contributed by atoms with Crippen LogP contribution >= 0.6 is 24.8 Å². The highest BCUT2D eigenvalue weighted by atomic mass is 35.5. The molecule has 1 heterocycles. The molecular formula is C6H11Cl2N3O. The van der Waals surface area contributed by atoms with Gasteiger partial charge in [0.15, 0.2) is 0 Å². The summed E-state index contributed by atoms with van der Waals surface area (Å²) in [4.78, 5) is 16.4. The number of nitrogens with zero attached hydrogens (tertiary/aromatic N) is 1. The lowest BCUT2D eigenvalue weighted by molar-refractivity contribution is 0.927. The number of hydrogen-bond donors (Lipinski definition) is 2. The molecule has 0 saturated carbocycles. The molecule has 0 amide bonds. The maximum absolute atomic E-state index is 10.4. The number of aromatic nitrogens is 2. The van der Waals surface area contributed by atoms with Crippen LogP contribution < -0.4 is 11.4 Å². The lowest BCUT2D eigenvalue weighted by Crippen LogP contribution is -2.11. The van der Waals surface area contributed by atoms with Gasteiger partial charge in [0.25, 0.3) is 0 Å². The Morgan fingerprint density at radius 1 is 1.50 bits per heavy atom. The monoisotopic (exact) mass is 211 g/mol. The van der Waals surface area contributed by atoms with Crippen molar-refractivity contribution in [3.8, 4) is 0 Å². The van der Waals surface area contributed by atoms with E-state index in [1.165, 1.54) is 6.20 Å². The standard InChI is InChI=1S/C6H9N3O.2ClH/c7-2-1-5-3-8-6(10)9-4-5;;/h3-4H,1-2,7H2,(H,8,9,10);2*1H. The van der Waals surface area contributed by atoms with Crippen molar-refractivity contribution < 1.29 is 0 Å². The van der Waals surface area contributed by atoms with Crippen LogP contribution in [0, 0.1) is 0 Å². The smallest absolute Gasteiger partial charge is 0.330 e. The Balaban J connectivity index is 0. The first-order valence-corrected chi connectivity index (χ1v) is 3.06. The minimum absolute atomic E-state index is 0. The molecule has 1 aromatic heterocycles. The molecule has 0 aromatic carbocycles. The summed E-state index contributed by atoms with van der Waals surface area (Å²) in [5.41, 5.74) is 5.92. The normalized spacial score (nSPS) is 8.08. The molecule has 0 aliphatic carbocycles. The molecule has 0 aliphatic rings. The van der Waals surface area contributed by atoms with Crippen molar-refractivity contribution in [1.29, 1.82) is 0 Å². The molecule has 0 spiro atoms. The first kappa shape index (κ1) is 14.0. The van der Waals surface area contributed by atoms with Crippen molar-refractivity contribution in [1.82, 2.24) is 9.97 Å². The van der Waals surface area contributed by atoms with Crippen molar-refractivity contribution in [2.75, 3.05) is 6.54 Å². The van der Waals surface area contributed by atoms with E-state index in [0.717, 1.165) is 12.0 Å². The summed E-state index contributed by atoms with van der Waals surface area (Å²) in [5, 5.41) is 0. The van der Waals surface area contributed by atoms with Crippen LogP contribution in [0.5, 0.6) is 0 Å². The Hall–Kier alpha value is -0.580. The van der Waals surface area contributed by atoms with Crippen molar-refractivity contribution in [2.24, 2.45) is 5.73 Å². The minimum atomic E-state index is -0.319. The Morgan fingerprint density at radius 2 is 2.17 bits per heavy atom. The van der Waals surface area contributed by atoms with E-state index in [9.17, 15) is 4.79 Å². The van der Waals surface area contributed by atoms with Crippen LogP contribution in [-0.2, 0) is 6.42 Å². The maximum atomic E-state index is 10.4. The molecule has 0 saturated heterocycles. The molecule has 70 valence electrons. The van der Waals surface area contributed by atoms with E-state index in [1.54, 1.807) is 6.20 Å². The summed E-state index contributed by atoms with van der Waals surface area (Å²) in [7, 11) is 0. The number of hydrogen-bond acceptors (Lipinski definition) is 3. The number of rotatable bonds is 2. The number of H-pyrrole nitrogens is 1. The molecule has 6 heteroatoms. The van der Waals surface area contributed by atoms with Crippen LogP contribution in [-0.4, -0.2) is 16.5 Å². The molecule has 1 rings (SSSR count). The van der Waals surface area contributed by atoms with Gasteiger partial charge in [-0.05, 0) is 18.5 Å². The molecule has 0 radical (unpaired) electrons. The van der Waals surface area contributed by atoms with E-state index >= 15 is 0 Å². The lowest BCUT2D eigenvalue weighted by atomic mass is 10.2. The summed E-state index contributed by atoms with van der Waals surface area (Å²) < 4.78 is 0. The van der Waals surface area contributed by atoms with Crippen LogP contribution in [0.1, 0.15) is 5.56 Å². The van der Waals surface area contributed by atoms with E-state index in [1.807, 2.05) is 0 Å².